The monoisotopic (exact) mass is 321 g/mol. The second kappa shape index (κ2) is 8.87. The highest BCUT2D eigenvalue weighted by atomic mass is 19.1. The molecule has 0 aromatic heterocycles. The fourth-order valence-corrected chi connectivity index (χ4v) is 2.80. The maximum atomic E-state index is 13.6. The van der Waals surface area contributed by atoms with Crippen LogP contribution in [0.5, 0.6) is 0 Å². The van der Waals surface area contributed by atoms with Crippen molar-refractivity contribution in [2.45, 2.75) is 46.3 Å². The van der Waals surface area contributed by atoms with Gasteiger partial charge in [-0.3, -0.25) is 0 Å². The van der Waals surface area contributed by atoms with E-state index >= 15 is 0 Å². The van der Waals surface area contributed by atoms with Gasteiger partial charge in [0.1, 0.15) is 5.82 Å². The molecule has 1 aliphatic heterocycles. The van der Waals surface area contributed by atoms with E-state index in [1.54, 1.807) is 19.1 Å². The Labute approximate surface area is 138 Å². The van der Waals surface area contributed by atoms with Gasteiger partial charge in [-0.15, -0.1) is 0 Å². The number of aryl methyl sites for hydroxylation is 1. The molecule has 0 unspecified atom stereocenters. The summed E-state index contributed by atoms with van der Waals surface area (Å²) in [6.45, 7) is 9.86. The molecule has 0 saturated carbocycles. The molecule has 0 spiro atoms. The van der Waals surface area contributed by atoms with Crippen LogP contribution in [0.15, 0.2) is 23.2 Å². The van der Waals surface area contributed by atoms with Gasteiger partial charge in [0, 0.05) is 26.2 Å². The van der Waals surface area contributed by atoms with Crippen LogP contribution in [-0.4, -0.2) is 43.2 Å². The SMILES string of the molecule is CCNC(=NCc1ccc(C)c(F)c1)N1CCC(OCC)CC1. The molecular formula is C18H28FN3O. The predicted octanol–water partition coefficient (Wildman–Crippen LogP) is 3.10. The average molecular weight is 321 g/mol. The van der Waals surface area contributed by atoms with E-state index in [4.69, 9.17) is 4.74 Å². The highest BCUT2D eigenvalue weighted by molar-refractivity contribution is 5.80. The number of nitrogens with zero attached hydrogens (tertiary/aromatic N) is 2. The lowest BCUT2D eigenvalue weighted by Crippen LogP contribution is -2.47. The summed E-state index contributed by atoms with van der Waals surface area (Å²) in [6.07, 6.45) is 2.42. The first kappa shape index (κ1) is 17.7. The van der Waals surface area contributed by atoms with Crippen molar-refractivity contribution < 1.29 is 9.13 Å². The van der Waals surface area contributed by atoms with Crippen molar-refractivity contribution in [3.05, 3.63) is 35.1 Å². The number of likely N-dealkylation sites (tertiary alicyclic amines) is 1. The second-order valence-corrected chi connectivity index (χ2v) is 5.90. The Morgan fingerprint density at radius 2 is 2.09 bits per heavy atom. The number of guanidine groups is 1. The predicted molar refractivity (Wildman–Crippen MR) is 92.2 cm³/mol. The second-order valence-electron chi connectivity index (χ2n) is 5.90. The maximum Gasteiger partial charge on any atom is 0.194 e. The van der Waals surface area contributed by atoms with E-state index in [0.29, 0.717) is 18.2 Å². The summed E-state index contributed by atoms with van der Waals surface area (Å²) in [5, 5.41) is 3.34. The average Bonchev–Trinajstić information content (AvgIpc) is 2.56. The van der Waals surface area contributed by atoms with Gasteiger partial charge in [0.05, 0.1) is 12.6 Å². The fourth-order valence-electron chi connectivity index (χ4n) is 2.80. The summed E-state index contributed by atoms with van der Waals surface area (Å²) >= 11 is 0. The highest BCUT2D eigenvalue weighted by Gasteiger charge is 2.21. The Hall–Kier alpha value is -1.62. The molecule has 1 aromatic rings. The van der Waals surface area contributed by atoms with Gasteiger partial charge in [-0.25, -0.2) is 9.38 Å². The first-order chi connectivity index (χ1) is 11.1. The molecule has 0 aliphatic carbocycles. The Morgan fingerprint density at radius 1 is 1.35 bits per heavy atom. The molecule has 0 atom stereocenters. The molecule has 0 amide bonds. The zero-order chi connectivity index (χ0) is 16.7. The zero-order valence-corrected chi connectivity index (χ0v) is 14.4. The van der Waals surface area contributed by atoms with Crippen LogP contribution in [0.4, 0.5) is 4.39 Å². The molecule has 1 aliphatic rings. The van der Waals surface area contributed by atoms with Crippen molar-refractivity contribution in [3.8, 4) is 0 Å². The smallest absolute Gasteiger partial charge is 0.194 e. The molecule has 4 nitrogen and oxygen atoms in total. The number of hydrogen-bond donors (Lipinski definition) is 1. The largest absolute Gasteiger partial charge is 0.378 e. The number of rotatable bonds is 5. The van der Waals surface area contributed by atoms with Crippen LogP contribution < -0.4 is 5.32 Å². The van der Waals surface area contributed by atoms with Crippen LogP contribution >= 0.6 is 0 Å². The Morgan fingerprint density at radius 3 is 2.70 bits per heavy atom. The van der Waals surface area contributed by atoms with E-state index in [2.05, 4.69) is 22.1 Å². The number of aliphatic imine (C=N–C) groups is 1. The summed E-state index contributed by atoms with van der Waals surface area (Å²) in [5.41, 5.74) is 1.57. The Bertz CT molecular complexity index is 525. The molecule has 5 heteroatoms. The highest BCUT2D eigenvalue weighted by Crippen LogP contribution is 2.15. The number of halogens is 1. The first-order valence-corrected chi connectivity index (χ1v) is 8.54. The normalized spacial score (nSPS) is 16.7. The molecular weight excluding hydrogens is 293 g/mol. The van der Waals surface area contributed by atoms with Crippen LogP contribution in [0.2, 0.25) is 0 Å². The van der Waals surface area contributed by atoms with E-state index in [9.17, 15) is 4.39 Å². The van der Waals surface area contributed by atoms with Gasteiger partial charge >= 0.3 is 0 Å². The van der Waals surface area contributed by atoms with Crippen molar-refractivity contribution in [1.82, 2.24) is 10.2 Å². The van der Waals surface area contributed by atoms with Gasteiger partial charge in [0.25, 0.3) is 0 Å². The summed E-state index contributed by atoms with van der Waals surface area (Å²) < 4.78 is 19.3. The number of hydrogen-bond acceptors (Lipinski definition) is 2. The molecule has 1 aromatic carbocycles. The van der Waals surface area contributed by atoms with Gasteiger partial charge in [-0.05, 0) is 50.8 Å². The summed E-state index contributed by atoms with van der Waals surface area (Å²) in [4.78, 5) is 6.94. The third-order valence-electron chi connectivity index (χ3n) is 4.13. The maximum absolute atomic E-state index is 13.6. The summed E-state index contributed by atoms with van der Waals surface area (Å²) in [5.74, 6) is 0.740. The standard InChI is InChI=1S/C18H28FN3O/c1-4-20-18(22-10-8-16(9-11-22)23-5-2)21-13-15-7-6-14(3)17(19)12-15/h6-7,12,16H,4-5,8-11,13H2,1-3H3,(H,20,21). The topological polar surface area (TPSA) is 36.9 Å². The van der Waals surface area contributed by atoms with Crippen LogP contribution in [0, 0.1) is 12.7 Å². The number of ether oxygens (including phenoxy) is 1. The molecule has 23 heavy (non-hydrogen) atoms. The number of piperidine rings is 1. The Kier molecular flexibility index (Phi) is 6.84. The molecule has 1 fully saturated rings. The lowest BCUT2D eigenvalue weighted by Gasteiger charge is -2.34. The van der Waals surface area contributed by atoms with Crippen molar-refractivity contribution in [2.24, 2.45) is 4.99 Å². The number of benzene rings is 1. The molecule has 1 heterocycles. The third-order valence-corrected chi connectivity index (χ3v) is 4.13. The van der Waals surface area contributed by atoms with Crippen LogP contribution in [-0.2, 0) is 11.3 Å². The third kappa shape index (κ3) is 5.20. The van der Waals surface area contributed by atoms with Gasteiger partial charge in [-0.1, -0.05) is 12.1 Å². The van der Waals surface area contributed by atoms with E-state index in [1.807, 2.05) is 13.0 Å². The van der Waals surface area contributed by atoms with Crippen LogP contribution in [0.1, 0.15) is 37.8 Å². The molecule has 128 valence electrons. The lowest BCUT2D eigenvalue weighted by atomic mass is 10.1. The van der Waals surface area contributed by atoms with Gasteiger partial charge in [0.15, 0.2) is 5.96 Å². The fraction of sp³-hybridized carbons (Fsp3) is 0.611. The molecule has 0 radical (unpaired) electrons. The molecule has 1 saturated heterocycles. The van der Waals surface area contributed by atoms with Crippen LogP contribution in [0.3, 0.4) is 0 Å². The van der Waals surface area contributed by atoms with E-state index in [1.165, 1.54) is 0 Å². The first-order valence-electron chi connectivity index (χ1n) is 8.54. The summed E-state index contributed by atoms with van der Waals surface area (Å²) in [6, 6.07) is 5.32. The van der Waals surface area contributed by atoms with Gasteiger partial charge in [-0.2, -0.15) is 0 Å². The number of nitrogens with one attached hydrogen (secondary N) is 1. The lowest BCUT2D eigenvalue weighted by molar-refractivity contribution is 0.0263. The van der Waals surface area contributed by atoms with E-state index < -0.39 is 0 Å². The quantitative estimate of drug-likeness (QED) is 0.669. The van der Waals surface area contributed by atoms with E-state index in [-0.39, 0.29) is 5.82 Å². The molecule has 0 bridgehead atoms. The van der Waals surface area contributed by atoms with Crippen molar-refractivity contribution in [3.63, 3.8) is 0 Å². The van der Waals surface area contributed by atoms with Crippen LogP contribution in [0.25, 0.3) is 0 Å². The minimum atomic E-state index is -0.166. The van der Waals surface area contributed by atoms with Gasteiger partial charge in [0.2, 0.25) is 0 Å². The summed E-state index contributed by atoms with van der Waals surface area (Å²) in [7, 11) is 0. The van der Waals surface area contributed by atoms with E-state index in [0.717, 1.165) is 50.6 Å². The molecule has 1 N–H and O–H groups in total. The van der Waals surface area contributed by atoms with Gasteiger partial charge < -0.3 is 15.0 Å². The minimum absolute atomic E-state index is 0.166. The zero-order valence-electron chi connectivity index (χ0n) is 14.4. The van der Waals surface area contributed by atoms with Crippen molar-refractivity contribution >= 4 is 5.96 Å². The molecule has 2 rings (SSSR count). The van der Waals surface area contributed by atoms with Crippen molar-refractivity contribution in [2.75, 3.05) is 26.2 Å². The minimum Gasteiger partial charge on any atom is -0.378 e. The Balaban J connectivity index is 1.98. The van der Waals surface area contributed by atoms with Crippen molar-refractivity contribution in [1.29, 1.82) is 0 Å².